The molecule has 2 fully saturated rings. The van der Waals surface area contributed by atoms with Crippen molar-refractivity contribution in [2.45, 2.75) is 31.3 Å². The Bertz CT molecular complexity index is 1110. The van der Waals surface area contributed by atoms with Crippen LogP contribution in [0.2, 0.25) is 0 Å². The molecule has 0 spiro atoms. The molecule has 33 heavy (non-hydrogen) atoms. The van der Waals surface area contributed by atoms with Crippen molar-refractivity contribution in [3.63, 3.8) is 0 Å². The van der Waals surface area contributed by atoms with Gasteiger partial charge in [0, 0.05) is 30.3 Å². The fourth-order valence-electron chi connectivity index (χ4n) is 4.71. The fourth-order valence-corrected chi connectivity index (χ4v) is 4.71. The van der Waals surface area contributed by atoms with Gasteiger partial charge < -0.3 is 14.8 Å². The van der Waals surface area contributed by atoms with Gasteiger partial charge in [-0.3, -0.25) is 9.69 Å². The van der Waals surface area contributed by atoms with Crippen LogP contribution in [0.15, 0.2) is 72.8 Å². The van der Waals surface area contributed by atoms with Gasteiger partial charge in [-0.15, -0.1) is 0 Å². The van der Waals surface area contributed by atoms with Crippen molar-refractivity contribution in [3.05, 3.63) is 84.2 Å². The number of nitrogens with zero attached hydrogens (tertiary/aromatic N) is 1. The second-order valence-electron chi connectivity index (χ2n) is 8.57. The van der Waals surface area contributed by atoms with Crippen molar-refractivity contribution in [3.8, 4) is 23.0 Å². The topological polar surface area (TPSA) is 50.8 Å². The number of likely N-dealkylation sites (tertiary alicyclic amines) is 1. The molecule has 0 radical (unpaired) electrons. The second kappa shape index (κ2) is 9.73. The van der Waals surface area contributed by atoms with Gasteiger partial charge in [-0.2, -0.15) is 0 Å². The summed E-state index contributed by atoms with van der Waals surface area (Å²) < 4.78 is 25.1. The summed E-state index contributed by atoms with van der Waals surface area (Å²) in [6.45, 7) is 3.00. The predicted molar refractivity (Wildman–Crippen MR) is 125 cm³/mol. The van der Waals surface area contributed by atoms with E-state index < -0.39 is 0 Å². The molecule has 1 N–H and O–H groups in total. The van der Waals surface area contributed by atoms with Crippen LogP contribution in [0, 0.1) is 5.82 Å². The molecule has 0 amide bonds. The average molecular weight is 447 g/mol. The van der Waals surface area contributed by atoms with Gasteiger partial charge in [-0.25, -0.2) is 4.39 Å². The highest BCUT2D eigenvalue weighted by atomic mass is 19.1. The zero-order valence-corrected chi connectivity index (χ0v) is 18.4. The largest absolute Gasteiger partial charge is 0.457 e. The summed E-state index contributed by atoms with van der Waals surface area (Å²) in [5, 5.41) is 3.40. The number of ketones is 1. The maximum Gasteiger partial charge on any atom is 0.179 e. The molecule has 2 atom stereocenters. The first-order valence-corrected chi connectivity index (χ1v) is 11.5. The minimum atomic E-state index is -0.352. The fraction of sp³-hybridized carbons (Fsp3) is 0.296. The Kier molecular flexibility index (Phi) is 6.37. The Morgan fingerprint density at radius 2 is 1.58 bits per heavy atom. The first kappa shape index (κ1) is 21.6. The number of halogens is 1. The normalized spacial score (nSPS) is 20.6. The maximum atomic E-state index is 13.4. The number of hydrogen-bond donors (Lipinski definition) is 1. The summed E-state index contributed by atoms with van der Waals surface area (Å²) in [5.74, 6) is 2.04. The van der Waals surface area contributed by atoms with Crippen LogP contribution in [0.3, 0.4) is 0 Å². The zero-order valence-electron chi connectivity index (χ0n) is 18.4. The third kappa shape index (κ3) is 5.07. The van der Waals surface area contributed by atoms with Crippen LogP contribution in [0.4, 0.5) is 4.39 Å². The zero-order chi connectivity index (χ0) is 22.6. The number of carbonyl (C=O) groups is 1. The summed E-state index contributed by atoms with van der Waals surface area (Å²) in [7, 11) is 0. The molecule has 2 heterocycles. The van der Waals surface area contributed by atoms with E-state index in [-0.39, 0.29) is 17.6 Å². The summed E-state index contributed by atoms with van der Waals surface area (Å²) in [6, 6.07) is 20.9. The molecule has 3 aromatic carbocycles. The molecule has 0 aromatic heterocycles. The number of nitrogens with one attached hydrogen (secondary N) is 1. The standard InChI is InChI=1S/C27H27FN2O3/c28-20-4-1-5-23(16-20)33-25-7-2-6-24(17-25)32-22-11-9-19(10-12-22)27(31)26-8-3-15-30(26)21-13-14-29-18-21/h1-2,4-7,9-12,16-17,21,26,29H,3,8,13-15,18H2. The van der Waals surface area contributed by atoms with Crippen LogP contribution >= 0.6 is 0 Å². The number of carbonyl (C=O) groups excluding carboxylic acids is 1. The van der Waals surface area contributed by atoms with Crippen molar-refractivity contribution in [2.24, 2.45) is 0 Å². The molecule has 2 aliphatic rings. The molecule has 170 valence electrons. The molecule has 6 heteroatoms. The summed E-state index contributed by atoms with van der Waals surface area (Å²) in [5.41, 5.74) is 0.716. The van der Waals surface area contributed by atoms with E-state index in [0.29, 0.717) is 34.6 Å². The van der Waals surface area contributed by atoms with Crippen LogP contribution in [0.5, 0.6) is 23.0 Å². The first-order valence-electron chi connectivity index (χ1n) is 11.5. The highest BCUT2D eigenvalue weighted by Gasteiger charge is 2.36. The maximum absolute atomic E-state index is 13.4. The van der Waals surface area contributed by atoms with Gasteiger partial charge in [0.2, 0.25) is 0 Å². The number of ether oxygens (including phenoxy) is 2. The molecule has 3 aromatic rings. The highest BCUT2D eigenvalue weighted by Crippen LogP contribution is 2.30. The first-order chi connectivity index (χ1) is 16.2. The van der Waals surface area contributed by atoms with Crippen LogP contribution in [-0.4, -0.2) is 42.4 Å². The lowest BCUT2D eigenvalue weighted by Gasteiger charge is -2.29. The third-order valence-electron chi connectivity index (χ3n) is 6.31. The van der Waals surface area contributed by atoms with Gasteiger partial charge in [0.1, 0.15) is 28.8 Å². The van der Waals surface area contributed by atoms with Crippen LogP contribution in [0.1, 0.15) is 29.6 Å². The Labute approximate surface area is 193 Å². The minimum absolute atomic E-state index is 0.0293. The van der Waals surface area contributed by atoms with Crippen molar-refractivity contribution in [1.29, 1.82) is 0 Å². The lowest BCUT2D eigenvalue weighted by atomic mass is 10.0. The van der Waals surface area contributed by atoms with Crippen LogP contribution in [-0.2, 0) is 0 Å². The minimum Gasteiger partial charge on any atom is -0.457 e. The van der Waals surface area contributed by atoms with E-state index in [0.717, 1.165) is 38.9 Å². The van der Waals surface area contributed by atoms with Gasteiger partial charge in [0.15, 0.2) is 5.78 Å². The van der Waals surface area contributed by atoms with Crippen molar-refractivity contribution < 1.29 is 18.7 Å². The molecule has 2 aliphatic heterocycles. The molecule has 0 bridgehead atoms. The van der Waals surface area contributed by atoms with Crippen LogP contribution in [0.25, 0.3) is 0 Å². The van der Waals surface area contributed by atoms with Gasteiger partial charge in [-0.1, -0.05) is 12.1 Å². The molecular formula is C27H27FN2O3. The molecule has 5 nitrogen and oxygen atoms in total. The van der Waals surface area contributed by atoms with E-state index in [4.69, 9.17) is 9.47 Å². The van der Waals surface area contributed by atoms with E-state index in [1.807, 2.05) is 36.4 Å². The number of rotatable bonds is 7. The smallest absolute Gasteiger partial charge is 0.179 e. The molecule has 0 aliphatic carbocycles. The van der Waals surface area contributed by atoms with Gasteiger partial charge >= 0.3 is 0 Å². The Balaban J connectivity index is 1.24. The molecule has 2 saturated heterocycles. The third-order valence-corrected chi connectivity index (χ3v) is 6.31. The van der Waals surface area contributed by atoms with E-state index >= 15 is 0 Å². The molecule has 5 rings (SSSR count). The summed E-state index contributed by atoms with van der Waals surface area (Å²) >= 11 is 0. The van der Waals surface area contributed by atoms with Gasteiger partial charge in [0.05, 0.1) is 6.04 Å². The Morgan fingerprint density at radius 1 is 0.879 bits per heavy atom. The molecule has 0 saturated carbocycles. The number of Topliss-reactive ketones (excluding diaryl/α,β-unsaturated/α-hetero) is 1. The Hall–Kier alpha value is -3.22. The van der Waals surface area contributed by atoms with Crippen molar-refractivity contribution >= 4 is 5.78 Å². The highest BCUT2D eigenvalue weighted by molar-refractivity contribution is 6.00. The van der Waals surface area contributed by atoms with Gasteiger partial charge in [0.25, 0.3) is 0 Å². The van der Waals surface area contributed by atoms with Crippen molar-refractivity contribution in [1.82, 2.24) is 10.2 Å². The van der Waals surface area contributed by atoms with E-state index in [1.54, 1.807) is 24.3 Å². The van der Waals surface area contributed by atoms with Gasteiger partial charge in [-0.05, 0) is 80.9 Å². The average Bonchev–Trinajstić information content (AvgIpc) is 3.51. The van der Waals surface area contributed by atoms with E-state index in [9.17, 15) is 9.18 Å². The van der Waals surface area contributed by atoms with E-state index in [1.165, 1.54) is 12.1 Å². The summed E-state index contributed by atoms with van der Waals surface area (Å²) in [6.07, 6.45) is 3.10. The number of benzene rings is 3. The lowest BCUT2D eigenvalue weighted by Crippen LogP contribution is -2.44. The quantitative estimate of drug-likeness (QED) is 0.491. The monoisotopic (exact) mass is 446 g/mol. The predicted octanol–water partition coefficient (Wildman–Crippen LogP) is 5.42. The molecule has 2 unspecified atom stereocenters. The number of hydrogen-bond acceptors (Lipinski definition) is 5. The molecular weight excluding hydrogens is 419 g/mol. The second-order valence-corrected chi connectivity index (χ2v) is 8.57. The van der Waals surface area contributed by atoms with Crippen molar-refractivity contribution in [2.75, 3.05) is 19.6 Å². The van der Waals surface area contributed by atoms with E-state index in [2.05, 4.69) is 10.2 Å². The van der Waals surface area contributed by atoms with Crippen LogP contribution < -0.4 is 14.8 Å². The SMILES string of the molecule is O=C(c1ccc(Oc2cccc(Oc3cccc(F)c3)c2)cc1)C1CCCN1C1CCNC1. The summed E-state index contributed by atoms with van der Waals surface area (Å²) in [4.78, 5) is 15.6. The lowest BCUT2D eigenvalue weighted by molar-refractivity contribution is 0.0826. The Morgan fingerprint density at radius 3 is 2.27 bits per heavy atom.